The van der Waals surface area contributed by atoms with Gasteiger partial charge in [-0.2, -0.15) is 0 Å². The van der Waals surface area contributed by atoms with Gasteiger partial charge in [-0.05, 0) is 24.6 Å². The van der Waals surface area contributed by atoms with Crippen LogP contribution in [0.25, 0.3) is 21.3 Å². The van der Waals surface area contributed by atoms with Crippen LogP contribution in [-0.2, 0) is 11.3 Å². The molecule has 0 saturated carbocycles. The van der Waals surface area contributed by atoms with Gasteiger partial charge in [-0.25, -0.2) is 4.98 Å². The molecule has 4 aromatic rings. The van der Waals surface area contributed by atoms with Crippen LogP contribution in [0.4, 0.5) is 5.69 Å². The Morgan fingerprint density at radius 3 is 2.55 bits per heavy atom. The number of aryl methyl sites for hydroxylation is 1. The molecule has 0 bridgehead atoms. The molecule has 0 atom stereocenters. The van der Waals surface area contributed by atoms with Crippen molar-refractivity contribution < 1.29 is 14.3 Å². The van der Waals surface area contributed by atoms with Crippen molar-refractivity contribution >= 4 is 33.1 Å². The van der Waals surface area contributed by atoms with E-state index in [-0.39, 0.29) is 18.0 Å². The highest BCUT2D eigenvalue weighted by Gasteiger charge is 2.15. The summed E-state index contributed by atoms with van der Waals surface area (Å²) in [4.78, 5) is 30.8. The normalized spacial score (nSPS) is 10.8. The van der Waals surface area contributed by atoms with Crippen molar-refractivity contribution in [1.29, 1.82) is 0 Å². The Morgan fingerprint density at radius 2 is 1.84 bits per heavy atom. The first-order valence-corrected chi connectivity index (χ1v) is 10.4. The maximum Gasteiger partial charge on any atom is 0.263 e. The van der Waals surface area contributed by atoms with Gasteiger partial charge in [0.1, 0.15) is 11.4 Å². The van der Waals surface area contributed by atoms with E-state index < -0.39 is 0 Å². The second kappa shape index (κ2) is 8.61. The summed E-state index contributed by atoms with van der Waals surface area (Å²) in [5.74, 6) is 0.719. The molecule has 1 N–H and O–H groups in total. The molecule has 0 saturated heterocycles. The van der Waals surface area contributed by atoms with Crippen molar-refractivity contribution in [1.82, 2.24) is 9.55 Å². The molecular weight excluding hydrogens is 414 g/mol. The smallest absolute Gasteiger partial charge is 0.263 e. The molecule has 2 aromatic heterocycles. The molecule has 0 radical (unpaired) electrons. The second-order valence-corrected chi connectivity index (χ2v) is 7.85. The van der Waals surface area contributed by atoms with E-state index >= 15 is 0 Å². The molecule has 0 aliphatic carbocycles. The average molecular weight is 436 g/mol. The number of benzene rings is 2. The summed E-state index contributed by atoms with van der Waals surface area (Å²) in [5, 5.41) is 5.23. The minimum Gasteiger partial charge on any atom is -0.493 e. The fourth-order valence-corrected chi connectivity index (χ4v) is 4.20. The van der Waals surface area contributed by atoms with E-state index in [4.69, 9.17) is 9.47 Å². The van der Waals surface area contributed by atoms with Crippen LogP contribution in [-0.4, -0.2) is 29.7 Å². The van der Waals surface area contributed by atoms with Crippen molar-refractivity contribution in [3.63, 3.8) is 0 Å². The molecule has 0 spiro atoms. The lowest BCUT2D eigenvalue weighted by molar-refractivity contribution is -0.116. The Kier molecular flexibility index (Phi) is 5.73. The second-order valence-electron chi connectivity index (χ2n) is 6.99. The molecule has 7 nitrogen and oxygen atoms in total. The van der Waals surface area contributed by atoms with Crippen LogP contribution in [0.5, 0.6) is 11.5 Å². The highest BCUT2D eigenvalue weighted by molar-refractivity contribution is 7.17. The first-order chi connectivity index (χ1) is 15.0. The number of fused-ring (bicyclic) bond motifs is 1. The fraction of sp³-hybridized carbons (Fsp3) is 0.174. The monoisotopic (exact) mass is 435 g/mol. The van der Waals surface area contributed by atoms with Gasteiger partial charge >= 0.3 is 0 Å². The zero-order chi connectivity index (χ0) is 22.0. The molecule has 31 heavy (non-hydrogen) atoms. The number of carbonyl (C=O) groups excluding carboxylic acids is 1. The van der Waals surface area contributed by atoms with Crippen LogP contribution < -0.4 is 20.3 Å². The SMILES string of the molecule is COc1ccc(NC(=O)Cn2cnc3scc(-c4ccc(C)cc4)c3c2=O)cc1OC. The maximum atomic E-state index is 13.1. The quantitative estimate of drug-likeness (QED) is 0.493. The number of thiophene rings is 1. The van der Waals surface area contributed by atoms with E-state index in [9.17, 15) is 9.59 Å². The number of hydrogen-bond acceptors (Lipinski definition) is 6. The lowest BCUT2D eigenvalue weighted by Crippen LogP contribution is -2.27. The zero-order valence-electron chi connectivity index (χ0n) is 17.3. The van der Waals surface area contributed by atoms with Crippen molar-refractivity contribution in [3.05, 3.63) is 70.1 Å². The number of ether oxygens (including phenoxy) is 2. The maximum absolute atomic E-state index is 13.1. The Morgan fingerprint density at radius 1 is 1.10 bits per heavy atom. The van der Waals surface area contributed by atoms with Crippen molar-refractivity contribution in [2.24, 2.45) is 0 Å². The number of rotatable bonds is 6. The fourth-order valence-electron chi connectivity index (χ4n) is 3.29. The third kappa shape index (κ3) is 4.15. The van der Waals surface area contributed by atoms with Crippen molar-refractivity contribution in [2.45, 2.75) is 13.5 Å². The number of carbonyl (C=O) groups is 1. The predicted octanol–water partition coefficient (Wildman–Crippen LogP) is 4.09. The van der Waals surface area contributed by atoms with Gasteiger partial charge in [0.05, 0.1) is 25.9 Å². The number of methoxy groups -OCH3 is 2. The predicted molar refractivity (Wildman–Crippen MR) is 122 cm³/mol. The first kappa shape index (κ1) is 20.6. The topological polar surface area (TPSA) is 82.5 Å². The molecule has 158 valence electrons. The minimum absolute atomic E-state index is 0.153. The third-order valence-corrected chi connectivity index (χ3v) is 5.79. The lowest BCUT2D eigenvalue weighted by atomic mass is 10.1. The van der Waals surface area contributed by atoms with Crippen LogP contribution in [0.2, 0.25) is 0 Å². The molecule has 1 amide bonds. The number of hydrogen-bond donors (Lipinski definition) is 1. The van der Waals surface area contributed by atoms with Crippen LogP contribution >= 0.6 is 11.3 Å². The molecule has 8 heteroatoms. The van der Waals surface area contributed by atoms with Crippen LogP contribution in [0.1, 0.15) is 5.56 Å². The van der Waals surface area contributed by atoms with Gasteiger partial charge in [-0.15, -0.1) is 11.3 Å². The molecule has 4 rings (SSSR count). The number of aromatic nitrogens is 2. The molecule has 0 aliphatic rings. The van der Waals surface area contributed by atoms with E-state index in [1.807, 2.05) is 36.6 Å². The molecule has 0 fully saturated rings. The van der Waals surface area contributed by atoms with E-state index in [2.05, 4.69) is 10.3 Å². The summed E-state index contributed by atoms with van der Waals surface area (Å²) in [7, 11) is 3.07. The Labute approximate surface area is 182 Å². The zero-order valence-corrected chi connectivity index (χ0v) is 18.2. The summed E-state index contributed by atoms with van der Waals surface area (Å²) in [6.07, 6.45) is 1.41. The van der Waals surface area contributed by atoms with Gasteiger partial charge in [0, 0.05) is 22.7 Å². The van der Waals surface area contributed by atoms with Crippen LogP contribution in [0.15, 0.2) is 59.0 Å². The van der Waals surface area contributed by atoms with Crippen LogP contribution in [0.3, 0.4) is 0 Å². The Hall–Kier alpha value is -3.65. The minimum atomic E-state index is -0.345. The standard InChI is InChI=1S/C23H21N3O4S/c1-14-4-6-15(7-5-14)17-12-31-22-21(17)23(28)26(13-24-22)11-20(27)25-16-8-9-18(29-2)19(10-16)30-3/h4-10,12-13H,11H2,1-3H3,(H,25,27). The molecular formula is C23H21N3O4S. The summed E-state index contributed by atoms with van der Waals surface area (Å²) in [5.41, 5.74) is 3.21. The lowest BCUT2D eigenvalue weighted by Gasteiger charge is -2.11. The number of amides is 1. The molecule has 2 aromatic carbocycles. The number of nitrogens with zero attached hydrogens (tertiary/aromatic N) is 2. The summed E-state index contributed by atoms with van der Waals surface area (Å²) < 4.78 is 11.8. The third-order valence-electron chi connectivity index (χ3n) is 4.90. The van der Waals surface area contributed by atoms with E-state index in [0.717, 1.165) is 16.7 Å². The molecule has 0 aliphatic heterocycles. The Bertz CT molecular complexity index is 1310. The van der Waals surface area contributed by atoms with Crippen LogP contribution in [0, 0.1) is 6.92 Å². The highest BCUT2D eigenvalue weighted by atomic mass is 32.1. The average Bonchev–Trinajstić information content (AvgIpc) is 3.21. The summed E-state index contributed by atoms with van der Waals surface area (Å²) >= 11 is 1.41. The van der Waals surface area contributed by atoms with E-state index in [1.54, 1.807) is 25.3 Å². The number of nitrogens with one attached hydrogen (secondary N) is 1. The first-order valence-electron chi connectivity index (χ1n) is 9.55. The van der Waals surface area contributed by atoms with Gasteiger partial charge in [-0.3, -0.25) is 14.2 Å². The van der Waals surface area contributed by atoms with E-state index in [0.29, 0.717) is 27.4 Å². The van der Waals surface area contributed by atoms with E-state index in [1.165, 1.54) is 29.3 Å². The Balaban J connectivity index is 1.61. The van der Waals surface area contributed by atoms with Crippen molar-refractivity contribution in [3.8, 4) is 22.6 Å². The van der Waals surface area contributed by atoms with Gasteiger partial charge in [0.2, 0.25) is 5.91 Å². The van der Waals surface area contributed by atoms with Crippen molar-refractivity contribution in [2.75, 3.05) is 19.5 Å². The van der Waals surface area contributed by atoms with Gasteiger partial charge in [0.25, 0.3) is 5.56 Å². The molecule has 0 unspecified atom stereocenters. The summed E-state index contributed by atoms with van der Waals surface area (Å²) in [6.45, 7) is 1.86. The van der Waals surface area contributed by atoms with Gasteiger partial charge in [0.15, 0.2) is 11.5 Å². The van der Waals surface area contributed by atoms with Gasteiger partial charge in [-0.1, -0.05) is 29.8 Å². The van der Waals surface area contributed by atoms with Gasteiger partial charge < -0.3 is 14.8 Å². The number of anilines is 1. The summed E-state index contributed by atoms with van der Waals surface area (Å²) in [6, 6.07) is 13.0. The largest absolute Gasteiger partial charge is 0.493 e. The highest BCUT2D eigenvalue weighted by Crippen LogP contribution is 2.31. The molecule has 2 heterocycles.